The van der Waals surface area contributed by atoms with Crippen LogP contribution in [0.4, 0.5) is 4.39 Å². The standard InChI is InChI=1S/C19H15FN6O3S/c1-29-18(28)16(17-21-13-7-2-3-8-14(13)22-17)15(27)10-30-19-23-24-25-26(19)12-6-4-5-11(20)9-12/h2-9,27H,10H2,1H3,(H,21,22)/b16-15+. The number of fused-ring (bicyclic) bond motifs is 1. The van der Waals surface area contributed by atoms with Gasteiger partial charge in [-0.1, -0.05) is 30.0 Å². The third kappa shape index (κ3) is 3.87. The summed E-state index contributed by atoms with van der Waals surface area (Å²) in [5, 5.41) is 22.3. The molecule has 0 fully saturated rings. The van der Waals surface area contributed by atoms with Gasteiger partial charge in [0.15, 0.2) is 0 Å². The molecule has 0 amide bonds. The minimum atomic E-state index is -0.739. The Labute approximate surface area is 173 Å². The van der Waals surface area contributed by atoms with Gasteiger partial charge in [-0.05, 0) is 40.8 Å². The van der Waals surface area contributed by atoms with Crippen LogP contribution in [0.25, 0.3) is 22.3 Å². The Morgan fingerprint density at radius 2 is 2.10 bits per heavy atom. The molecule has 0 saturated carbocycles. The molecule has 0 spiro atoms. The average molecular weight is 426 g/mol. The zero-order valence-corrected chi connectivity index (χ0v) is 16.4. The predicted molar refractivity (Wildman–Crippen MR) is 107 cm³/mol. The van der Waals surface area contributed by atoms with Gasteiger partial charge in [0.25, 0.3) is 0 Å². The summed E-state index contributed by atoms with van der Waals surface area (Å²) in [6.45, 7) is 0. The largest absolute Gasteiger partial charge is 0.510 e. The highest BCUT2D eigenvalue weighted by Crippen LogP contribution is 2.25. The second kappa shape index (κ2) is 8.33. The van der Waals surface area contributed by atoms with Crippen LogP contribution in [0.5, 0.6) is 0 Å². The number of thioether (sulfide) groups is 1. The molecule has 0 aliphatic heterocycles. The molecule has 11 heteroatoms. The maximum absolute atomic E-state index is 13.5. The van der Waals surface area contributed by atoms with Crippen LogP contribution in [0, 0.1) is 5.82 Å². The van der Waals surface area contributed by atoms with Crippen LogP contribution >= 0.6 is 11.8 Å². The molecular formula is C19H15FN6O3S. The van der Waals surface area contributed by atoms with E-state index >= 15 is 0 Å². The van der Waals surface area contributed by atoms with Gasteiger partial charge in [0.1, 0.15) is 23.0 Å². The molecule has 0 saturated heterocycles. The number of nitrogens with one attached hydrogen (secondary N) is 1. The Balaban J connectivity index is 1.64. The summed E-state index contributed by atoms with van der Waals surface area (Å²) in [6.07, 6.45) is 0. The predicted octanol–water partition coefficient (Wildman–Crippen LogP) is 2.91. The van der Waals surface area contributed by atoms with Crippen molar-refractivity contribution in [2.24, 2.45) is 0 Å². The summed E-state index contributed by atoms with van der Waals surface area (Å²) < 4.78 is 19.7. The van der Waals surface area contributed by atoms with Crippen molar-refractivity contribution in [1.82, 2.24) is 30.2 Å². The van der Waals surface area contributed by atoms with E-state index in [-0.39, 0.29) is 22.9 Å². The lowest BCUT2D eigenvalue weighted by Gasteiger charge is -2.07. The molecule has 0 aliphatic rings. The van der Waals surface area contributed by atoms with Crippen LogP contribution in [0.3, 0.4) is 0 Å². The summed E-state index contributed by atoms with van der Waals surface area (Å²) in [7, 11) is 1.22. The summed E-state index contributed by atoms with van der Waals surface area (Å²) in [6, 6.07) is 13.0. The highest BCUT2D eigenvalue weighted by Gasteiger charge is 2.23. The number of imidazole rings is 1. The second-order valence-corrected chi connectivity index (χ2v) is 7.00. The van der Waals surface area contributed by atoms with E-state index in [1.165, 1.54) is 30.0 Å². The number of carbonyl (C=O) groups excluding carboxylic acids is 1. The Bertz CT molecular complexity index is 1220. The van der Waals surface area contributed by atoms with Crippen molar-refractivity contribution in [2.45, 2.75) is 5.16 Å². The van der Waals surface area contributed by atoms with Gasteiger partial charge in [-0.25, -0.2) is 14.2 Å². The van der Waals surface area contributed by atoms with E-state index in [1.54, 1.807) is 18.2 Å². The molecule has 0 bridgehead atoms. The second-order valence-electron chi connectivity index (χ2n) is 6.06. The SMILES string of the molecule is COC(=O)/C(=C(/O)CSc1nnnn1-c1cccc(F)c1)c1nc2ccccc2[nH]1. The fraction of sp³-hybridized carbons (Fsp3) is 0.105. The van der Waals surface area contributed by atoms with Crippen LogP contribution in [0.15, 0.2) is 59.4 Å². The van der Waals surface area contributed by atoms with Crippen molar-refractivity contribution in [3.63, 3.8) is 0 Å². The molecule has 2 aromatic carbocycles. The molecule has 0 radical (unpaired) electrons. The van der Waals surface area contributed by atoms with Gasteiger partial charge in [0.05, 0.1) is 29.6 Å². The lowest BCUT2D eigenvalue weighted by molar-refractivity contribution is -0.133. The van der Waals surface area contributed by atoms with Gasteiger partial charge in [0, 0.05) is 0 Å². The number of halogens is 1. The Hall–Kier alpha value is -3.73. The number of benzene rings is 2. The van der Waals surface area contributed by atoms with Crippen LogP contribution < -0.4 is 0 Å². The first-order chi connectivity index (χ1) is 14.6. The quantitative estimate of drug-likeness (QED) is 0.209. The third-order valence-corrected chi connectivity index (χ3v) is 5.07. The molecular weight excluding hydrogens is 411 g/mol. The number of aromatic amines is 1. The van der Waals surface area contributed by atoms with E-state index in [4.69, 9.17) is 4.74 Å². The number of esters is 1. The number of aromatic nitrogens is 6. The molecule has 2 aromatic heterocycles. The van der Waals surface area contributed by atoms with Crippen molar-refractivity contribution in [3.05, 3.63) is 65.9 Å². The van der Waals surface area contributed by atoms with E-state index < -0.39 is 11.8 Å². The van der Waals surface area contributed by atoms with Gasteiger partial charge >= 0.3 is 5.97 Å². The topological polar surface area (TPSA) is 119 Å². The lowest BCUT2D eigenvalue weighted by atomic mass is 10.2. The van der Waals surface area contributed by atoms with Gasteiger partial charge in [-0.2, -0.15) is 4.68 Å². The molecule has 2 heterocycles. The van der Waals surface area contributed by atoms with Crippen LogP contribution in [-0.2, 0) is 9.53 Å². The summed E-state index contributed by atoms with van der Waals surface area (Å²) in [5.74, 6) is -1.29. The molecule has 0 unspecified atom stereocenters. The number of ether oxygens (including phenoxy) is 1. The highest BCUT2D eigenvalue weighted by molar-refractivity contribution is 7.99. The number of methoxy groups -OCH3 is 1. The number of para-hydroxylation sites is 2. The van der Waals surface area contributed by atoms with Crippen molar-refractivity contribution in [1.29, 1.82) is 0 Å². The number of carbonyl (C=O) groups is 1. The Morgan fingerprint density at radius 1 is 1.27 bits per heavy atom. The van der Waals surface area contributed by atoms with Crippen molar-refractivity contribution in [2.75, 3.05) is 12.9 Å². The van der Waals surface area contributed by atoms with Crippen LogP contribution in [0.1, 0.15) is 5.82 Å². The van der Waals surface area contributed by atoms with Crippen LogP contribution in [-0.4, -0.2) is 54.1 Å². The minimum absolute atomic E-state index is 0.0445. The van der Waals surface area contributed by atoms with Crippen molar-refractivity contribution < 1.29 is 19.0 Å². The number of aliphatic hydroxyl groups is 1. The molecule has 4 aromatic rings. The maximum Gasteiger partial charge on any atom is 0.345 e. The fourth-order valence-corrected chi connectivity index (χ4v) is 3.54. The Morgan fingerprint density at radius 3 is 2.87 bits per heavy atom. The monoisotopic (exact) mass is 426 g/mol. The molecule has 2 N–H and O–H groups in total. The van der Waals surface area contributed by atoms with E-state index in [2.05, 4.69) is 25.5 Å². The highest BCUT2D eigenvalue weighted by atomic mass is 32.2. The normalized spacial score (nSPS) is 12.1. The molecule has 0 aliphatic carbocycles. The number of H-pyrrole nitrogens is 1. The zero-order valence-electron chi connectivity index (χ0n) is 15.6. The molecule has 152 valence electrons. The summed E-state index contributed by atoms with van der Waals surface area (Å²) in [4.78, 5) is 19.7. The summed E-state index contributed by atoms with van der Waals surface area (Å²) >= 11 is 1.07. The number of hydrogen-bond acceptors (Lipinski definition) is 8. The number of rotatable bonds is 6. The van der Waals surface area contributed by atoms with Gasteiger partial charge in [0.2, 0.25) is 5.16 Å². The van der Waals surface area contributed by atoms with Gasteiger partial charge < -0.3 is 14.8 Å². The number of hydrogen-bond donors (Lipinski definition) is 2. The molecule has 9 nitrogen and oxygen atoms in total. The van der Waals surface area contributed by atoms with E-state index in [0.717, 1.165) is 11.8 Å². The maximum atomic E-state index is 13.5. The van der Waals surface area contributed by atoms with Crippen molar-refractivity contribution in [3.8, 4) is 5.69 Å². The first-order valence-electron chi connectivity index (χ1n) is 8.69. The van der Waals surface area contributed by atoms with E-state index in [0.29, 0.717) is 21.9 Å². The third-order valence-electron chi connectivity index (χ3n) is 4.14. The Kier molecular flexibility index (Phi) is 5.44. The van der Waals surface area contributed by atoms with E-state index in [9.17, 15) is 14.3 Å². The molecule has 30 heavy (non-hydrogen) atoms. The van der Waals surface area contributed by atoms with E-state index in [1.807, 2.05) is 12.1 Å². The number of nitrogens with zero attached hydrogens (tertiary/aromatic N) is 5. The summed E-state index contributed by atoms with van der Waals surface area (Å²) in [5.41, 5.74) is 1.69. The van der Waals surface area contributed by atoms with Crippen molar-refractivity contribution >= 4 is 34.3 Å². The van der Waals surface area contributed by atoms with Gasteiger partial charge in [-0.3, -0.25) is 0 Å². The smallest absolute Gasteiger partial charge is 0.345 e. The first kappa shape index (κ1) is 19.6. The first-order valence-corrected chi connectivity index (χ1v) is 9.68. The molecule has 4 rings (SSSR count). The number of tetrazole rings is 1. The minimum Gasteiger partial charge on any atom is -0.510 e. The van der Waals surface area contributed by atoms with Crippen LogP contribution in [0.2, 0.25) is 0 Å². The lowest BCUT2D eigenvalue weighted by Crippen LogP contribution is -2.10. The fourth-order valence-electron chi connectivity index (χ4n) is 2.77. The zero-order chi connectivity index (χ0) is 21.1. The van der Waals surface area contributed by atoms with Gasteiger partial charge in [-0.15, -0.1) is 5.10 Å². The average Bonchev–Trinajstić information content (AvgIpc) is 3.39. The molecule has 0 atom stereocenters. The number of aliphatic hydroxyl groups excluding tert-OH is 1.